The Morgan fingerprint density at radius 2 is 1.81 bits per heavy atom. The van der Waals surface area contributed by atoms with Crippen molar-refractivity contribution >= 4 is 34.8 Å². The topological polar surface area (TPSA) is 95.2 Å². The first-order valence-corrected chi connectivity index (χ1v) is 10.3. The molecule has 0 bridgehead atoms. The molecule has 1 amide bonds. The fraction of sp³-hybridized carbons (Fsp3) is 0.238. The number of hydrogen-bond acceptors (Lipinski definition) is 5. The van der Waals surface area contributed by atoms with Crippen LogP contribution in [0, 0.1) is 6.92 Å². The van der Waals surface area contributed by atoms with Gasteiger partial charge < -0.3 is 10.1 Å². The number of amides is 1. The van der Waals surface area contributed by atoms with E-state index in [1.165, 1.54) is 19.2 Å². The van der Waals surface area contributed by atoms with Crippen LogP contribution in [0.4, 0.5) is 5.69 Å². The van der Waals surface area contributed by atoms with Crippen molar-refractivity contribution in [2.45, 2.75) is 25.2 Å². The van der Waals surface area contributed by atoms with Gasteiger partial charge in [0.1, 0.15) is 11.9 Å². The fourth-order valence-electron chi connectivity index (χ4n) is 4.08. The first-order chi connectivity index (χ1) is 14.7. The number of nitrogens with one attached hydrogen (secondary N) is 1. The summed E-state index contributed by atoms with van der Waals surface area (Å²) in [5.74, 6) is 0.735. The van der Waals surface area contributed by atoms with Crippen molar-refractivity contribution in [2.24, 2.45) is 7.05 Å². The summed E-state index contributed by atoms with van der Waals surface area (Å²) >= 11 is 12.8. The summed E-state index contributed by atoms with van der Waals surface area (Å²) in [5, 5.41) is 6.88. The molecule has 31 heavy (non-hydrogen) atoms. The van der Waals surface area contributed by atoms with Crippen molar-refractivity contribution in [1.29, 1.82) is 0 Å². The van der Waals surface area contributed by atoms with Gasteiger partial charge in [-0.05, 0) is 55.2 Å². The lowest BCUT2D eigenvalue weighted by Gasteiger charge is -2.17. The Kier molecular flexibility index (Phi) is 4.29. The minimum absolute atomic E-state index is 0.0209. The van der Waals surface area contributed by atoms with Gasteiger partial charge in [-0.15, -0.1) is 0 Å². The molecular weight excluding hydrogens is 443 g/mol. The quantitative estimate of drug-likeness (QED) is 0.649. The van der Waals surface area contributed by atoms with Gasteiger partial charge in [0.25, 0.3) is 5.56 Å². The Balaban J connectivity index is 1.57. The molecule has 1 aliphatic heterocycles. The third-order valence-corrected chi connectivity index (χ3v) is 6.37. The van der Waals surface area contributed by atoms with Crippen LogP contribution in [0.3, 0.4) is 0 Å². The fourth-order valence-corrected chi connectivity index (χ4v) is 4.64. The number of benzene rings is 2. The normalized spacial score (nSPS) is 15.7. The molecule has 8 nitrogen and oxygen atoms in total. The molecular formula is C21H16Cl2N4O4. The number of halogens is 2. The van der Waals surface area contributed by atoms with Crippen LogP contribution in [0.2, 0.25) is 10.0 Å². The molecule has 1 N–H and O–H groups in total. The summed E-state index contributed by atoms with van der Waals surface area (Å²) in [4.78, 5) is 36.9. The lowest BCUT2D eigenvalue weighted by atomic mass is 9.93. The predicted octanol–water partition coefficient (Wildman–Crippen LogP) is 3.32. The highest BCUT2D eigenvalue weighted by molar-refractivity contribution is 6.37. The van der Waals surface area contributed by atoms with Crippen molar-refractivity contribution in [3.63, 3.8) is 0 Å². The predicted molar refractivity (Wildman–Crippen MR) is 116 cm³/mol. The molecule has 1 aromatic heterocycles. The van der Waals surface area contributed by atoms with E-state index in [-0.39, 0.29) is 27.4 Å². The summed E-state index contributed by atoms with van der Waals surface area (Å²) in [5.41, 5.74) is 1.09. The van der Waals surface area contributed by atoms with E-state index in [1.54, 1.807) is 12.1 Å². The molecule has 0 unspecified atom stereocenters. The molecule has 158 valence electrons. The number of ether oxygens (including phenoxy) is 1. The van der Waals surface area contributed by atoms with Gasteiger partial charge in [0, 0.05) is 12.7 Å². The maximum atomic E-state index is 12.3. The number of carbonyl (C=O) groups excluding carboxylic acids is 1. The number of hydrogen-bond donors (Lipinski definition) is 1. The average molecular weight is 459 g/mol. The van der Waals surface area contributed by atoms with Crippen LogP contribution in [0.25, 0.3) is 5.69 Å². The average Bonchev–Trinajstić information content (AvgIpc) is 3.45. The molecule has 1 fully saturated rings. The molecule has 1 spiro atoms. The van der Waals surface area contributed by atoms with Crippen LogP contribution in [0.1, 0.15) is 24.0 Å². The van der Waals surface area contributed by atoms with Gasteiger partial charge in [0.15, 0.2) is 5.75 Å². The second-order valence-corrected chi connectivity index (χ2v) is 8.53. The Hall–Kier alpha value is -3.10. The Morgan fingerprint density at radius 1 is 1.13 bits per heavy atom. The van der Waals surface area contributed by atoms with Gasteiger partial charge >= 0.3 is 5.69 Å². The maximum Gasteiger partial charge on any atom is 0.351 e. The molecule has 2 aliphatic rings. The molecule has 2 aromatic carbocycles. The summed E-state index contributed by atoms with van der Waals surface area (Å²) in [7, 11) is 1.43. The highest BCUT2D eigenvalue weighted by atomic mass is 35.5. The number of aryl methyl sites for hydroxylation is 1. The van der Waals surface area contributed by atoms with Crippen LogP contribution in [0.15, 0.2) is 40.1 Å². The van der Waals surface area contributed by atoms with Crippen molar-refractivity contribution in [1.82, 2.24) is 14.3 Å². The maximum absolute atomic E-state index is 12.3. The van der Waals surface area contributed by atoms with Gasteiger partial charge in [0.05, 0.1) is 21.1 Å². The molecule has 10 heteroatoms. The van der Waals surface area contributed by atoms with E-state index in [0.29, 0.717) is 5.75 Å². The SMILES string of the molecule is Cc1c(Oc2c(Cl)cc(-n3c(=O)cnn(C)c3=O)cc2Cl)ccc2c1C1(CC1)C(=O)N2. The van der Waals surface area contributed by atoms with Crippen molar-refractivity contribution in [2.75, 3.05) is 5.32 Å². The summed E-state index contributed by atoms with van der Waals surface area (Å²) in [6, 6.07) is 6.42. The lowest BCUT2D eigenvalue weighted by molar-refractivity contribution is -0.117. The van der Waals surface area contributed by atoms with Crippen LogP contribution >= 0.6 is 23.2 Å². The van der Waals surface area contributed by atoms with E-state index in [2.05, 4.69) is 10.4 Å². The minimum atomic E-state index is -0.630. The van der Waals surface area contributed by atoms with Crippen LogP contribution in [-0.4, -0.2) is 20.3 Å². The highest BCUT2D eigenvalue weighted by Gasteiger charge is 2.57. The van der Waals surface area contributed by atoms with Gasteiger partial charge in [-0.3, -0.25) is 9.59 Å². The zero-order valence-corrected chi connectivity index (χ0v) is 18.0. The molecule has 3 aromatic rings. The monoisotopic (exact) mass is 458 g/mol. The van der Waals surface area contributed by atoms with Gasteiger partial charge in [-0.1, -0.05) is 23.2 Å². The van der Waals surface area contributed by atoms with Crippen molar-refractivity contribution in [3.05, 3.63) is 72.5 Å². The van der Waals surface area contributed by atoms with Gasteiger partial charge in [-0.2, -0.15) is 5.10 Å². The molecule has 2 heterocycles. The zero-order valence-electron chi connectivity index (χ0n) is 16.5. The smallest absolute Gasteiger partial charge is 0.351 e. The summed E-state index contributed by atoms with van der Waals surface area (Å²) in [6.07, 6.45) is 2.65. The van der Waals surface area contributed by atoms with Crippen molar-refractivity contribution in [3.8, 4) is 17.2 Å². The molecule has 0 atom stereocenters. The van der Waals surface area contributed by atoms with Gasteiger partial charge in [-0.25, -0.2) is 14.0 Å². The van der Waals surface area contributed by atoms with Crippen LogP contribution in [-0.2, 0) is 17.3 Å². The Bertz CT molecular complexity index is 1380. The molecule has 1 aliphatic carbocycles. The number of nitrogens with zero attached hydrogens (tertiary/aromatic N) is 3. The largest absolute Gasteiger partial charge is 0.454 e. The summed E-state index contributed by atoms with van der Waals surface area (Å²) < 4.78 is 7.99. The van der Waals surface area contributed by atoms with E-state index >= 15 is 0 Å². The second-order valence-electron chi connectivity index (χ2n) is 7.71. The highest BCUT2D eigenvalue weighted by Crippen LogP contribution is 2.57. The number of fused-ring (bicyclic) bond motifs is 2. The Labute approximate surface area is 186 Å². The first-order valence-electron chi connectivity index (χ1n) is 9.51. The van der Waals surface area contributed by atoms with Crippen LogP contribution < -0.4 is 21.3 Å². The van der Waals surface area contributed by atoms with E-state index in [1.807, 2.05) is 6.92 Å². The van der Waals surface area contributed by atoms with E-state index in [4.69, 9.17) is 27.9 Å². The lowest BCUT2D eigenvalue weighted by Crippen LogP contribution is -2.38. The molecule has 0 radical (unpaired) electrons. The second kappa shape index (κ2) is 6.70. The summed E-state index contributed by atoms with van der Waals surface area (Å²) in [6.45, 7) is 1.89. The van der Waals surface area contributed by atoms with E-state index < -0.39 is 16.7 Å². The number of rotatable bonds is 3. The third-order valence-electron chi connectivity index (χ3n) is 5.81. The van der Waals surface area contributed by atoms with Crippen molar-refractivity contribution < 1.29 is 9.53 Å². The number of anilines is 1. The minimum Gasteiger partial charge on any atom is -0.454 e. The van der Waals surface area contributed by atoms with E-state index in [0.717, 1.165) is 45.1 Å². The number of carbonyl (C=O) groups is 1. The molecule has 0 saturated heterocycles. The zero-order chi connectivity index (χ0) is 22.1. The van der Waals surface area contributed by atoms with E-state index in [9.17, 15) is 14.4 Å². The first kappa shape index (κ1) is 19.8. The standard InChI is InChI=1S/C21H16Cl2N4O4/c1-10-15(4-3-14-17(10)21(5-6-21)19(29)25-14)31-18-12(22)7-11(8-13(18)23)27-16(28)9-24-26(2)20(27)30/h3-4,7-9H,5-6H2,1-2H3,(H,25,29). The van der Waals surface area contributed by atoms with Gasteiger partial charge in [0.2, 0.25) is 5.91 Å². The Morgan fingerprint density at radius 3 is 2.45 bits per heavy atom. The third kappa shape index (κ3) is 2.90. The number of aromatic nitrogens is 3. The molecule has 5 rings (SSSR count). The molecule has 1 saturated carbocycles. The van der Waals surface area contributed by atoms with Crippen LogP contribution in [0.5, 0.6) is 11.5 Å².